The second kappa shape index (κ2) is 7.91. The number of aryl methyl sites for hydroxylation is 3. The molecule has 4 rings (SSSR count). The summed E-state index contributed by atoms with van der Waals surface area (Å²) in [7, 11) is 1.69. The summed E-state index contributed by atoms with van der Waals surface area (Å²) in [6.45, 7) is 10.8. The van der Waals surface area contributed by atoms with Gasteiger partial charge >= 0.3 is 5.63 Å². The van der Waals surface area contributed by atoms with Crippen LogP contribution in [0.3, 0.4) is 0 Å². The summed E-state index contributed by atoms with van der Waals surface area (Å²) in [4.78, 5) is 17.0. The van der Waals surface area contributed by atoms with Gasteiger partial charge in [-0.05, 0) is 67.3 Å². The van der Waals surface area contributed by atoms with Crippen molar-refractivity contribution >= 4 is 16.7 Å². The lowest BCUT2D eigenvalue weighted by Crippen LogP contribution is -2.46. The highest BCUT2D eigenvalue weighted by Gasteiger charge is 2.20. The van der Waals surface area contributed by atoms with Crippen LogP contribution in [0.25, 0.3) is 11.0 Å². The number of hydrogen-bond acceptors (Lipinski definition) is 5. The van der Waals surface area contributed by atoms with Crippen molar-refractivity contribution in [2.45, 2.75) is 27.3 Å². The number of hydrogen-bond donors (Lipinski definition) is 0. The Morgan fingerprint density at radius 1 is 0.966 bits per heavy atom. The molecule has 5 nitrogen and oxygen atoms in total. The zero-order chi connectivity index (χ0) is 20.5. The van der Waals surface area contributed by atoms with Crippen LogP contribution < -0.4 is 15.3 Å². The second-order valence-electron chi connectivity index (χ2n) is 7.89. The molecule has 1 saturated heterocycles. The van der Waals surface area contributed by atoms with Crippen LogP contribution in [-0.2, 0) is 6.54 Å². The minimum Gasteiger partial charge on any atom is -0.497 e. The first-order valence-electron chi connectivity index (χ1n) is 10.1. The average molecular weight is 392 g/mol. The highest BCUT2D eigenvalue weighted by molar-refractivity contribution is 5.87. The molecule has 0 atom stereocenters. The van der Waals surface area contributed by atoms with Gasteiger partial charge in [-0.15, -0.1) is 0 Å². The van der Waals surface area contributed by atoms with Gasteiger partial charge in [0.25, 0.3) is 0 Å². The lowest BCUT2D eigenvalue weighted by Gasteiger charge is -2.36. The average Bonchev–Trinajstić information content (AvgIpc) is 2.72. The van der Waals surface area contributed by atoms with Crippen LogP contribution in [0, 0.1) is 20.8 Å². The fourth-order valence-corrected chi connectivity index (χ4v) is 4.24. The molecule has 0 aliphatic carbocycles. The van der Waals surface area contributed by atoms with Crippen LogP contribution >= 0.6 is 0 Å². The van der Waals surface area contributed by atoms with E-state index in [2.05, 4.69) is 41.8 Å². The Morgan fingerprint density at radius 2 is 1.66 bits per heavy atom. The molecule has 5 heteroatoms. The van der Waals surface area contributed by atoms with Crippen LogP contribution in [0.1, 0.15) is 22.3 Å². The molecule has 0 spiro atoms. The van der Waals surface area contributed by atoms with Gasteiger partial charge < -0.3 is 14.1 Å². The van der Waals surface area contributed by atoms with Gasteiger partial charge in [0, 0.05) is 49.9 Å². The number of piperazine rings is 1. The van der Waals surface area contributed by atoms with E-state index in [9.17, 15) is 4.79 Å². The van der Waals surface area contributed by atoms with Crippen LogP contribution in [0.2, 0.25) is 0 Å². The molecule has 0 saturated carbocycles. The van der Waals surface area contributed by atoms with Crippen molar-refractivity contribution in [3.8, 4) is 5.75 Å². The van der Waals surface area contributed by atoms with Crippen molar-refractivity contribution in [1.82, 2.24) is 4.90 Å². The second-order valence-corrected chi connectivity index (χ2v) is 7.89. The van der Waals surface area contributed by atoms with E-state index in [0.29, 0.717) is 0 Å². The van der Waals surface area contributed by atoms with Crippen molar-refractivity contribution in [3.63, 3.8) is 0 Å². The maximum Gasteiger partial charge on any atom is 0.336 e. The third-order valence-corrected chi connectivity index (χ3v) is 6.01. The fraction of sp³-hybridized carbons (Fsp3) is 0.375. The summed E-state index contributed by atoms with van der Waals surface area (Å²) in [6.07, 6.45) is 0. The predicted molar refractivity (Wildman–Crippen MR) is 117 cm³/mol. The minimum absolute atomic E-state index is 0.266. The first kappa shape index (κ1) is 19.5. The highest BCUT2D eigenvalue weighted by Crippen LogP contribution is 2.28. The molecular formula is C24H28N2O3. The van der Waals surface area contributed by atoms with Gasteiger partial charge in [-0.25, -0.2) is 4.79 Å². The van der Waals surface area contributed by atoms with E-state index in [0.717, 1.165) is 66.1 Å². The summed E-state index contributed by atoms with van der Waals surface area (Å²) in [5, 5.41) is 1.09. The molecule has 3 aromatic rings. The van der Waals surface area contributed by atoms with Crippen molar-refractivity contribution in [1.29, 1.82) is 0 Å². The number of rotatable bonds is 4. The Kier molecular flexibility index (Phi) is 5.33. The van der Waals surface area contributed by atoms with Gasteiger partial charge in [0.15, 0.2) is 0 Å². The molecule has 1 aliphatic heterocycles. The largest absolute Gasteiger partial charge is 0.497 e. The molecule has 1 aliphatic rings. The number of ether oxygens (including phenoxy) is 1. The van der Waals surface area contributed by atoms with Crippen molar-refractivity contribution in [3.05, 3.63) is 69.1 Å². The molecule has 1 aromatic heterocycles. The van der Waals surface area contributed by atoms with Gasteiger partial charge in [0.1, 0.15) is 11.3 Å². The maximum atomic E-state index is 12.2. The van der Waals surface area contributed by atoms with E-state index in [1.807, 2.05) is 19.1 Å². The van der Waals surface area contributed by atoms with E-state index in [1.54, 1.807) is 13.2 Å². The lowest BCUT2D eigenvalue weighted by molar-refractivity contribution is 0.250. The van der Waals surface area contributed by atoms with Gasteiger partial charge in [-0.3, -0.25) is 4.90 Å². The molecule has 2 aromatic carbocycles. The molecule has 152 valence electrons. The maximum absolute atomic E-state index is 12.2. The zero-order valence-corrected chi connectivity index (χ0v) is 17.6. The smallest absolute Gasteiger partial charge is 0.336 e. The SMILES string of the molecule is COc1ccc(N2CCN(Cc3cc(=O)oc4c(C)c(C)cc(C)c34)CC2)cc1. The Hall–Kier alpha value is -2.79. The van der Waals surface area contributed by atoms with E-state index in [4.69, 9.17) is 9.15 Å². The quantitative estimate of drug-likeness (QED) is 0.627. The molecule has 0 N–H and O–H groups in total. The van der Waals surface area contributed by atoms with Crippen LogP contribution in [-0.4, -0.2) is 38.2 Å². The Balaban J connectivity index is 1.53. The van der Waals surface area contributed by atoms with Crippen molar-refractivity contribution in [2.75, 3.05) is 38.2 Å². The summed E-state index contributed by atoms with van der Waals surface area (Å²) in [6, 6.07) is 12.1. The first-order chi connectivity index (χ1) is 14.0. The molecule has 0 amide bonds. The van der Waals surface area contributed by atoms with Gasteiger partial charge in [-0.1, -0.05) is 6.07 Å². The van der Waals surface area contributed by atoms with Gasteiger partial charge in [0.2, 0.25) is 0 Å². The van der Waals surface area contributed by atoms with Gasteiger partial charge in [-0.2, -0.15) is 0 Å². The summed E-state index contributed by atoms with van der Waals surface area (Å²) in [5.41, 5.74) is 6.13. The summed E-state index contributed by atoms with van der Waals surface area (Å²) < 4.78 is 10.8. The summed E-state index contributed by atoms with van der Waals surface area (Å²) in [5.74, 6) is 0.878. The number of benzene rings is 2. The topological polar surface area (TPSA) is 45.9 Å². The Morgan fingerprint density at radius 3 is 2.31 bits per heavy atom. The van der Waals surface area contributed by atoms with Crippen LogP contribution in [0.4, 0.5) is 5.69 Å². The number of methoxy groups -OCH3 is 1. The third kappa shape index (κ3) is 3.87. The fourth-order valence-electron chi connectivity index (χ4n) is 4.24. The molecule has 1 fully saturated rings. The van der Waals surface area contributed by atoms with Crippen LogP contribution in [0.15, 0.2) is 45.6 Å². The number of fused-ring (bicyclic) bond motifs is 1. The normalized spacial score (nSPS) is 15.1. The van der Waals surface area contributed by atoms with E-state index in [1.165, 1.54) is 11.3 Å². The van der Waals surface area contributed by atoms with E-state index < -0.39 is 0 Å². The first-order valence-corrected chi connectivity index (χ1v) is 10.1. The standard InChI is InChI=1S/C24H28N2O3/c1-16-13-17(2)23-19(14-22(27)29-24(23)18(16)3)15-25-9-11-26(12-10-25)20-5-7-21(28-4)8-6-20/h5-8,13-14H,9-12,15H2,1-4H3. The van der Waals surface area contributed by atoms with Crippen molar-refractivity contribution in [2.24, 2.45) is 0 Å². The highest BCUT2D eigenvalue weighted by atomic mass is 16.5. The van der Waals surface area contributed by atoms with Crippen LogP contribution in [0.5, 0.6) is 5.75 Å². The molecule has 2 heterocycles. The molecule has 29 heavy (non-hydrogen) atoms. The number of nitrogens with zero attached hydrogens (tertiary/aromatic N) is 2. The van der Waals surface area contributed by atoms with Crippen molar-refractivity contribution < 1.29 is 9.15 Å². The molecule has 0 radical (unpaired) electrons. The van der Waals surface area contributed by atoms with E-state index >= 15 is 0 Å². The number of anilines is 1. The minimum atomic E-state index is -0.266. The molecular weight excluding hydrogens is 364 g/mol. The van der Waals surface area contributed by atoms with Gasteiger partial charge in [0.05, 0.1) is 7.11 Å². The van der Waals surface area contributed by atoms with E-state index in [-0.39, 0.29) is 5.63 Å². The third-order valence-electron chi connectivity index (χ3n) is 6.01. The molecule has 0 unspecified atom stereocenters. The summed E-state index contributed by atoms with van der Waals surface area (Å²) >= 11 is 0. The zero-order valence-electron chi connectivity index (χ0n) is 17.6. The lowest BCUT2D eigenvalue weighted by atomic mass is 9.98. The molecule has 0 bridgehead atoms. The Bertz CT molecular complexity index is 1080. The monoisotopic (exact) mass is 392 g/mol. The predicted octanol–water partition coefficient (Wildman–Crippen LogP) is 4.05. The Labute approximate surface area is 171 Å².